The van der Waals surface area contributed by atoms with Crippen LogP contribution in [0.4, 0.5) is 18.9 Å². The van der Waals surface area contributed by atoms with Gasteiger partial charge in [0.1, 0.15) is 29.6 Å². The number of benzene rings is 1. The molecule has 2 aromatic rings. The number of nitriles is 3. The zero-order chi connectivity index (χ0) is 32.7. The molecule has 234 valence electrons. The fourth-order valence-electron chi connectivity index (χ4n) is 5.76. The van der Waals surface area contributed by atoms with Crippen LogP contribution in [0.25, 0.3) is 12.2 Å². The second-order valence-electron chi connectivity index (χ2n) is 11.7. The van der Waals surface area contributed by atoms with Gasteiger partial charge in [0.05, 0.1) is 6.07 Å². The zero-order valence-electron chi connectivity index (χ0n) is 25.8. The van der Waals surface area contributed by atoms with Crippen molar-refractivity contribution in [2.75, 3.05) is 18.0 Å². The molecule has 1 aromatic heterocycles. The van der Waals surface area contributed by atoms with Gasteiger partial charge in [-0.15, -0.1) is 11.3 Å². The minimum Gasteiger partial charge on any atom is -0.507 e. The lowest BCUT2D eigenvalue weighted by Gasteiger charge is -2.42. The van der Waals surface area contributed by atoms with Crippen molar-refractivity contribution < 1.29 is 23.0 Å². The lowest BCUT2D eigenvalue weighted by atomic mass is 9.63. The van der Waals surface area contributed by atoms with E-state index in [1.54, 1.807) is 25.1 Å². The molecule has 1 aromatic carbocycles. The zero-order valence-corrected chi connectivity index (χ0v) is 26.6. The molecule has 0 saturated carbocycles. The van der Waals surface area contributed by atoms with Gasteiger partial charge in [-0.05, 0) is 68.5 Å². The first-order valence-electron chi connectivity index (χ1n) is 14.9. The summed E-state index contributed by atoms with van der Waals surface area (Å²) in [5.41, 5.74) is -3.55. The number of anilines is 1. The number of rotatable bonds is 12. The number of ether oxygens (including phenoxy) is 1. The van der Waals surface area contributed by atoms with Gasteiger partial charge in [0.2, 0.25) is 5.60 Å². The highest BCUT2D eigenvalue weighted by atomic mass is 32.1. The number of unbranched alkanes of at least 4 members (excludes halogenated alkanes) is 2. The summed E-state index contributed by atoms with van der Waals surface area (Å²) >= 11 is 1.41. The normalized spacial score (nSPS) is 22.2. The molecule has 10 heteroatoms. The molecule has 0 aliphatic carbocycles. The Morgan fingerprint density at radius 3 is 2.23 bits per heavy atom. The van der Waals surface area contributed by atoms with Gasteiger partial charge in [0.25, 0.3) is 0 Å². The van der Waals surface area contributed by atoms with E-state index >= 15 is 0 Å². The molecule has 1 aliphatic rings. The van der Waals surface area contributed by atoms with Gasteiger partial charge < -0.3 is 14.7 Å². The number of aromatic hydroxyl groups is 1. The molecule has 1 N–H and O–H groups in total. The fraction of sp³-hybridized carbons (Fsp3) is 0.500. The van der Waals surface area contributed by atoms with Gasteiger partial charge in [-0.25, -0.2) is 0 Å². The summed E-state index contributed by atoms with van der Waals surface area (Å²) in [6, 6.07) is 14.4. The summed E-state index contributed by atoms with van der Waals surface area (Å²) in [5, 5.41) is 39.4. The summed E-state index contributed by atoms with van der Waals surface area (Å²) in [5.74, 6) is -2.18. The Labute approximate surface area is 262 Å². The summed E-state index contributed by atoms with van der Waals surface area (Å²) in [6.45, 7) is 10.2. The Hall–Kier alpha value is -3.94. The van der Waals surface area contributed by atoms with Crippen LogP contribution in [0.2, 0.25) is 0 Å². The van der Waals surface area contributed by atoms with Crippen molar-refractivity contribution in [1.29, 1.82) is 15.8 Å². The molecule has 44 heavy (non-hydrogen) atoms. The van der Waals surface area contributed by atoms with Crippen LogP contribution in [0.15, 0.2) is 41.7 Å². The average molecular weight is 625 g/mol. The highest BCUT2D eigenvalue weighted by Crippen LogP contribution is 2.62. The van der Waals surface area contributed by atoms with Gasteiger partial charge in [0.15, 0.2) is 5.57 Å². The first-order chi connectivity index (χ1) is 20.8. The maximum Gasteiger partial charge on any atom is 0.428 e. The number of hydrogen-bond donors (Lipinski definition) is 1. The highest BCUT2D eigenvalue weighted by Gasteiger charge is 2.72. The maximum atomic E-state index is 14.5. The number of allylic oxidation sites excluding steroid dienone is 2. The van der Waals surface area contributed by atoms with Crippen molar-refractivity contribution in [1.82, 2.24) is 0 Å². The van der Waals surface area contributed by atoms with Crippen molar-refractivity contribution >= 4 is 29.2 Å². The van der Waals surface area contributed by atoms with E-state index in [2.05, 4.69) is 18.7 Å². The molecule has 1 fully saturated rings. The molecule has 2 heterocycles. The van der Waals surface area contributed by atoms with Crippen LogP contribution in [-0.4, -0.2) is 30.0 Å². The van der Waals surface area contributed by atoms with E-state index in [4.69, 9.17) is 4.74 Å². The molecular formula is C34H39F3N4O2S. The van der Waals surface area contributed by atoms with E-state index in [1.165, 1.54) is 18.3 Å². The lowest BCUT2D eigenvalue weighted by molar-refractivity contribution is -0.280. The van der Waals surface area contributed by atoms with Crippen LogP contribution in [0.5, 0.6) is 5.75 Å². The topological polar surface area (TPSA) is 104 Å². The maximum absolute atomic E-state index is 14.5. The van der Waals surface area contributed by atoms with Gasteiger partial charge in [-0.3, -0.25) is 0 Å². The van der Waals surface area contributed by atoms with Gasteiger partial charge >= 0.3 is 6.18 Å². The second-order valence-corrected chi connectivity index (χ2v) is 12.8. The van der Waals surface area contributed by atoms with Crippen molar-refractivity contribution in [2.45, 2.75) is 84.4 Å². The van der Waals surface area contributed by atoms with Crippen molar-refractivity contribution in [2.24, 2.45) is 11.3 Å². The quantitative estimate of drug-likeness (QED) is 0.236. The Morgan fingerprint density at radius 1 is 1.07 bits per heavy atom. The van der Waals surface area contributed by atoms with Crippen LogP contribution in [0.1, 0.15) is 88.0 Å². The average Bonchev–Trinajstić information content (AvgIpc) is 3.54. The Kier molecular flexibility index (Phi) is 11.2. The molecule has 0 bridgehead atoms. The molecule has 0 spiro atoms. The van der Waals surface area contributed by atoms with E-state index < -0.39 is 40.4 Å². The second kappa shape index (κ2) is 14.2. The number of phenols is 1. The molecule has 0 radical (unpaired) electrons. The number of alkyl halides is 3. The van der Waals surface area contributed by atoms with E-state index in [9.17, 15) is 34.1 Å². The number of thiophene rings is 1. The molecule has 4 atom stereocenters. The molecule has 4 unspecified atom stereocenters. The molecule has 6 nitrogen and oxygen atoms in total. The Balaban J connectivity index is 1.85. The number of nitrogens with zero attached hydrogens (tertiary/aromatic N) is 4. The molecule has 0 amide bonds. The van der Waals surface area contributed by atoms with E-state index in [0.29, 0.717) is 5.56 Å². The number of hydrogen-bond acceptors (Lipinski definition) is 7. The third-order valence-corrected chi connectivity index (χ3v) is 9.96. The van der Waals surface area contributed by atoms with Crippen molar-refractivity contribution in [3.8, 4) is 24.0 Å². The number of phenolic OH excluding ortho intramolecular Hbond substituents is 1. The fourth-order valence-corrected chi connectivity index (χ4v) is 6.72. The van der Waals surface area contributed by atoms with Crippen LogP contribution < -0.4 is 4.90 Å². The minimum atomic E-state index is -4.86. The molecule has 3 rings (SSSR count). The molecule has 1 aliphatic heterocycles. The first-order valence-corrected chi connectivity index (χ1v) is 15.7. The standard InChI is InChI=1S/C34H39F3N4O2S/c1-6-8-16-41(17-9-7-2)26-12-10-24(29(42)18-26)11-13-27-14-15-30(44-27)23(3)19-32(4)28(22-40)31(25(20-38)21-39)43-33(32,5)34(35,36)37/h10-15,18,23,28,42H,6-9,16-17,19H2,1-5H3/b13-11+. The predicted octanol–water partition coefficient (Wildman–Crippen LogP) is 9.32. The SMILES string of the molecule is CCCCN(CCCC)c1ccc(/C=C/c2ccc(C(C)CC3(C)C(C#N)C(=C(C#N)C#N)OC3(C)C(F)(F)F)s2)c(O)c1. The van der Waals surface area contributed by atoms with E-state index in [0.717, 1.165) is 61.1 Å². The first kappa shape index (κ1) is 34.5. The van der Waals surface area contributed by atoms with Crippen molar-refractivity contribution in [3.05, 3.63) is 57.0 Å². The van der Waals surface area contributed by atoms with E-state index in [1.807, 2.05) is 42.5 Å². The van der Waals surface area contributed by atoms with Crippen LogP contribution in [-0.2, 0) is 4.74 Å². The lowest BCUT2D eigenvalue weighted by Crippen LogP contribution is -2.54. The third kappa shape index (κ3) is 6.90. The highest BCUT2D eigenvalue weighted by molar-refractivity contribution is 7.13. The summed E-state index contributed by atoms with van der Waals surface area (Å²) < 4.78 is 48.7. The summed E-state index contributed by atoms with van der Waals surface area (Å²) in [6.07, 6.45) is 3.05. The van der Waals surface area contributed by atoms with Crippen molar-refractivity contribution in [3.63, 3.8) is 0 Å². The molecular weight excluding hydrogens is 585 g/mol. The summed E-state index contributed by atoms with van der Waals surface area (Å²) in [7, 11) is 0. The summed E-state index contributed by atoms with van der Waals surface area (Å²) in [4.78, 5) is 3.96. The minimum absolute atomic E-state index is 0.0760. The predicted molar refractivity (Wildman–Crippen MR) is 167 cm³/mol. The Bertz CT molecular complexity index is 1490. The van der Waals surface area contributed by atoms with E-state index in [-0.39, 0.29) is 12.2 Å². The van der Waals surface area contributed by atoms with Crippen LogP contribution >= 0.6 is 11.3 Å². The van der Waals surface area contributed by atoms with Crippen LogP contribution in [0, 0.1) is 45.3 Å². The Morgan fingerprint density at radius 2 is 1.70 bits per heavy atom. The number of halogens is 3. The van der Waals surface area contributed by atoms with Gasteiger partial charge in [-0.1, -0.05) is 40.5 Å². The van der Waals surface area contributed by atoms with Crippen LogP contribution in [0.3, 0.4) is 0 Å². The smallest absolute Gasteiger partial charge is 0.428 e. The molecule has 1 saturated heterocycles. The van der Waals surface area contributed by atoms with Gasteiger partial charge in [0, 0.05) is 45.6 Å². The third-order valence-electron chi connectivity index (χ3n) is 8.68. The monoisotopic (exact) mass is 624 g/mol. The largest absolute Gasteiger partial charge is 0.507 e. The van der Waals surface area contributed by atoms with Gasteiger partial charge in [-0.2, -0.15) is 29.0 Å².